The number of carbonyl (C=O) groups excluding carboxylic acids is 2. The highest BCUT2D eigenvalue weighted by Crippen LogP contribution is 2.01. The number of hydrogen-bond donors (Lipinski definition) is 3. The van der Waals surface area contributed by atoms with Gasteiger partial charge in [-0.1, -0.05) is 18.2 Å². The predicted molar refractivity (Wildman–Crippen MR) is 77.3 cm³/mol. The zero-order chi connectivity index (χ0) is 15.0. The second-order valence-electron chi connectivity index (χ2n) is 5.32. The number of carbonyl (C=O) groups is 2. The van der Waals surface area contributed by atoms with E-state index in [1.54, 1.807) is 38.1 Å². The van der Waals surface area contributed by atoms with Gasteiger partial charge in [0.1, 0.15) is 0 Å². The van der Waals surface area contributed by atoms with Crippen molar-refractivity contribution in [3.8, 4) is 0 Å². The lowest BCUT2D eigenvalue weighted by Gasteiger charge is -2.23. The summed E-state index contributed by atoms with van der Waals surface area (Å²) in [6.45, 7) is 3.84. The van der Waals surface area contributed by atoms with Gasteiger partial charge in [-0.2, -0.15) is 0 Å². The molecule has 0 saturated carbocycles. The van der Waals surface area contributed by atoms with Crippen molar-refractivity contribution in [2.24, 2.45) is 0 Å². The molecule has 0 aliphatic rings. The maximum atomic E-state index is 11.7. The van der Waals surface area contributed by atoms with E-state index >= 15 is 0 Å². The smallest absolute Gasteiger partial charge is 0.251 e. The summed E-state index contributed by atoms with van der Waals surface area (Å²) in [5.74, 6) is -0.264. The summed E-state index contributed by atoms with van der Waals surface area (Å²) in [6, 6.07) is 8.94. The average Bonchev–Trinajstić information content (AvgIpc) is 2.44. The second-order valence-corrected chi connectivity index (χ2v) is 5.32. The minimum absolute atomic E-state index is 0.108. The molecule has 0 aromatic heterocycles. The first kappa shape index (κ1) is 16.2. The van der Waals surface area contributed by atoms with E-state index in [4.69, 9.17) is 5.11 Å². The molecule has 1 aromatic rings. The molecule has 0 bridgehead atoms. The molecule has 1 rings (SSSR count). The number of aliphatic hydroxyl groups is 1. The van der Waals surface area contributed by atoms with E-state index in [1.807, 2.05) is 6.07 Å². The summed E-state index contributed by atoms with van der Waals surface area (Å²) in [5, 5.41) is 14.5. The summed E-state index contributed by atoms with van der Waals surface area (Å²) in [4.78, 5) is 23.3. The van der Waals surface area contributed by atoms with Crippen molar-refractivity contribution in [3.63, 3.8) is 0 Å². The van der Waals surface area contributed by atoms with Gasteiger partial charge < -0.3 is 15.7 Å². The summed E-state index contributed by atoms with van der Waals surface area (Å²) in [6.07, 6.45) is 0.879. The third-order valence-corrected chi connectivity index (χ3v) is 2.78. The molecule has 1 aromatic carbocycles. The quantitative estimate of drug-likeness (QED) is 0.653. The van der Waals surface area contributed by atoms with Crippen molar-refractivity contribution in [1.82, 2.24) is 10.6 Å². The number of amides is 2. The van der Waals surface area contributed by atoms with E-state index < -0.39 is 5.54 Å². The summed E-state index contributed by atoms with van der Waals surface area (Å²) < 4.78 is 0. The normalized spacial score (nSPS) is 10.9. The van der Waals surface area contributed by atoms with Crippen molar-refractivity contribution in [1.29, 1.82) is 0 Å². The van der Waals surface area contributed by atoms with Gasteiger partial charge in [0.25, 0.3) is 5.91 Å². The van der Waals surface area contributed by atoms with Crippen molar-refractivity contribution in [2.45, 2.75) is 32.2 Å². The highest BCUT2D eigenvalue weighted by atomic mass is 16.3. The first-order valence-corrected chi connectivity index (χ1v) is 6.70. The van der Waals surface area contributed by atoms with Gasteiger partial charge >= 0.3 is 0 Å². The number of aliphatic hydroxyl groups excluding tert-OH is 1. The van der Waals surface area contributed by atoms with Crippen molar-refractivity contribution in [3.05, 3.63) is 35.9 Å². The molecule has 5 heteroatoms. The molecule has 110 valence electrons. The molecule has 2 amide bonds. The number of rotatable bonds is 7. The fourth-order valence-corrected chi connectivity index (χ4v) is 1.62. The van der Waals surface area contributed by atoms with Gasteiger partial charge in [-0.25, -0.2) is 0 Å². The van der Waals surface area contributed by atoms with E-state index in [9.17, 15) is 9.59 Å². The van der Waals surface area contributed by atoms with Crippen LogP contribution in [-0.2, 0) is 4.79 Å². The zero-order valence-electron chi connectivity index (χ0n) is 12.0. The lowest BCUT2D eigenvalue weighted by Crippen LogP contribution is -2.46. The fourth-order valence-electron chi connectivity index (χ4n) is 1.62. The SMILES string of the molecule is CC(C)(CO)NC(=O)CCCNC(=O)c1ccccc1. The predicted octanol–water partition coefficient (Wildman–Crippen LogP) is 1.08. The van der Waals surface area contributed by atoms with Crippen LogP contribution in [0.2, 0.25) is 0 Å². The Morgan fingerprint density at radius 1 is 1.20 bits per heavy atom. The first-order chi connectivity index (χ1) is 9.44. The Morgan fingerprint density at radius 3 is 2.45 bits per heavy atom. The van der Waals surface area contributed by atoms with Gasteiger partial charge in [-0.15, -0.1) is 0 Å². The molecular formula is C15H22N2O3. The van der Waals surface area contributed by atoms with Crippen LogP contribution in [-0.4, -0.2) is 35.6 Å². The van der Waals surface area contributed by atoms with Crippen LogP contribution in [0, 0.1) is 0 Å². The summed E-state index contributed by atoms with van der Waals surface area (Å²) in [5.41, 5.74) is 0.00282. The molecule has 0 atom stereocenters. The van der Waals surface area contributed by atoms with E-state index in [-0.39, 0.29) is 18.4 Å². The van der Waals surface area contributed by atoms with Gasteiger partial charge in [0, 0.05) is 18.5 Å². The summed E-state index contributed by atoms with van der Waals surface area (Å²) >= 11 is 0. The third kappa shape index (κ3) is 5.84. The minimum atomic E-state index is -0.607. The molecule has 0 unspecified atom stereocenters. The van der Waals surface area contributed by atoms with Crippen LogP contribution < -0.4 is 10.6 Å². The van der Waals surface area contributed by atoms with Crippen LogP contribution in [0.25, 0.3) is 0 Å². The van der Waals surface area contributed by atoms with Crippen LogP contribution >= 0.6 is 0 Å². The fraction of sp³-hybridized carbons (Fsp3) is 0.467. The molecule has 0 saturated heterocycles. The third-order valence-electron chi connectivity index (χ3n) is 2.78. The lowest BCUT2D eigenvalue weighted by atomic mass is 10.1. The highest BCUT2D eigenvalue weighted by molar-refractivity contribution is 5.94. The van der Waals surface area contributed by atoms with Crippen LogP contribution in [0.1, 0.15) is 37.0 Å². The van der Waals surface area contributed by atoms with Gasteiger partial charge in [-0.3, -0.25) is 9.59 Å². The van der Waals surface area contributed by atoms with Crippen LogP contribution in [0.15, 0.2) is 30.3 Å². The average molecular weight is 278 g/mol. The molecule has 0 aliphatic carbocycles. The highest BCUT2D eigenvalue weighted by Gasteiger charge is 2.18. The van der Waals surface area contributed by atoms with Gasteiger partial charge in [0.2, 0.25) is 5.91 Å². The Hall–Kier alpha value is -1.88. The zero-order valence-corrected chi connectivity index (χ0v) is 12.0. The molecule has 0 spiro atoms. The van der Waals surface area contributed by atoms with E-state index in [0.29, 0.717) is 24.9 Å². The standard InChI is InChI=1S/C15H22N2O3/c1-15(2,11-18)17-13(19)9-6-10-16-14(20)12-7-4-3-5-8-12/h3-5,7-8,18H,6,9-11H2,1-2H3,(H,16,20)(H,17,19). The maximum Gasteiger partial charge on any atom is 0.251 e. The monoisotopic (exact) mass is 278 g/mol. The minimum Gasteiger partial charge on any atom is -0.394 e. The Balaban J connectivity index is 2.22. The van der Waals surface area contributed by atoms with Crippen LogP contribution in [0.3, 0.4) is 0 Å². The second kappa shape index (κ2) is 7.65. The lowest BCUT2D eigenvalue weighted by molar-refractivity contribution is -0.123. The Kier molecular flexibility index (Phi) is 6.18. The number of benzene rings is 1. The Morgan fingerprint density at radius 2 is 1.85 bits per heavy atom. The number of nitrogens with one attached hydrogen (secondary N) is 2. The van der Waals surface area contributed by atoms with Crippen molar-refractivity contribution in [2.75, 3.05) is 13.2 Å². The molecule has 5 nitrogen and oxygen atoms in total. The molecule has 0 heterocycles. The van der Waals surface area contributed by atoms with Crippen LogP contribution in [0.5, 0.6) is 0 Å². The molecular weight excluding hydrogens is 256 g/mol. The van der Waals surface area contributed by atoms with E-state index in [1.165, 1.54) is 0 Å². The van der Waals surface area contributed by atoms with Crippen LogP contribution in [0.4, 0.5) is 0 Å². The largest absolute Gasteiger partial charge is 0.394 e. The molecule has 3 N–H and O–H groups in total. The van der Waals surface area contributed by atoms with Gasteiger partial charge in [0.05, 0.1) is 12.1 Å². The Bertz CT molecular complexity index is 444. The van der Waals surface area contributed by atoms with Gasteiger partial charge in [0.15, 0.2) is 0 Å². The topological polar surface area (TPSA) is 78.4 Å². The van der Waals surface area contributed by atoms with Crippen molar-refractivity contribution >= 4 is 11.8 Å². The van der Waals surface area contributed by atoms with Crippen molar-refractivity contribution < 1.29 is 14.7 Å². The summed E-state index contributed by atoms with van der Waals surface area (Å²) in [7, 11) is 0. The molecule has 0 aliphatic heterocycles. The maximum absolute atomic E-state index is 11.7. The number of hydrogen-bond acceptors (Lipinski definition) is 3. The van der Waals surface area contributed by atoms with E-state index in [2.05, 4.69) is 10.6 Å². The molecule has 20 heavy (non-hydrogen) atoms. The Labute approximate surface area is 119 Å². The molecule has 0 fully saturated rings. The molecule has 0 radical (unpaired) electrons. The van der Waals surface area contributed by atoms with Gasteiger partial charge in [-0.05, 0) is 32.4 Å². The first-order valence-electron chi connectivity index (χ1n) is 6.70. The van der Waals surface area contributed by atoms with E-state index in [0.717, 1.165) is 0 Å².